The fourth-order valence-corrected chi connectivity index (χ4v) is 2.08. The number of benzene rings is 1. The van der Waals surface area contributed by atoms with Crippen LogP contribution in [0.5, 0.6) is 11.6 Å². The van der Waals surface area contributed by atoms with Crippen LogP contribution in [0.2, 0.25) is 0 Å². The van der Waals surface area contributed by atoms with Crippen molar-refractivity contribution in [2.45, 2.75) is 19.8 Å². The Morgan fingerprint density at radius 3 is 2.86 bits per heavy atom. The molecule has 0 aliphatic heterocycles. The van der Waals surface area contributed by atoms with Gasteiger partial charge in [0, 0.05) is 18.6 Å². The number of para-hydroxylation sites is 1. The number of ether oxygens (including phenoxy) is 1. The number of aromatic nitrogens is 2. The van der Waals surface area contributed by atoms with E-state index < -0.39 is 22.2 Å². The lowest BCUT2D eigenvalue weighted by Gasteiger charge is -2.08. The molecular weight excluding hydrogens is 345 g/mol. The second-order valence-electron chi connectivity index (χ2n) is 4.14. The van der Waals surface area contributed by atoms with Gasteiger partial charge >= 0.3 is 5.69 Å². The molecule has 0 N–H and O–H groups in total. The van der Waals surface area contributed by atoms with Crippen molar-refractivity contribution in [1.82, 2.24) is 9.97 Å². The summed E-state index contributed by atoms with van der Waals surface area (Å²) in [4.78, 5) is 18.5. The molecule has 0 fully saturated rings. The van der Waals surface area contributed by atoms with E-state index in [1.54, 1.807) is 0 Å². The van der Waals surface area contributed by atoms with Crippen LogP contribution in [-0.4, -0.2) is 14.9 Å². The maximum atomic E-state index is 13.8. The van der Waals surface area contributed by atoms with Gasteiger partial charge in [-0.05, 0) is 28.4 Å². The number of nitro benzene ring substituents is 1. The van der Waals surface area contributed by atoms with E-state index in [-0.39, 0.29) is 5.88 Å². The van der Waals surface area contributed by atoms with Crippen LogP contribution < -0.4 is 4.74 Å². The predicted molar refractivity (Wildman–Crippen MR) is 76.9 cm³/mol. The molecule has 0 aliphatic carbocycles. The van der Waals surface area contributed by atoms with E-state index in [1.807, 2.05) is 6.92 Å². The molecule has 1 aromatic heterocycles. The maximum Gasteiger partial charge on any atom is 0.314 e. The van der Waals surface area contributed by atoms with Crippen LogP contribution in [0.25, 0.3) is 0 Å². The Morgan fingerprint density at radius 2 is 2.19 bits per heavy atom. The molecule has 0 amide bonds. The number of hydrogen-bond donors (Lipinski definition) is 0. The van der Waals surface area contributed by atoms with Crippen LogP contribution in [-0.2, 0) is 6.42 Å². The maximum absolute atomic E-state index is 13.8. The standard InChI is InChI=1S/C13H11BrFN3O3/c1-2-4-11-16-10(14)7-12(17-11)21-13-8(15)5-3-6-9(13)18(19)20/h3,5-7H,2,4H2,1H3. The van der Waals surface area contributed by atoms with Gasteiger partial charge in [0.2, 0.25) is 11.6 Å². The van der Waals surface area contributed by atoms with E-state index in [0.29, 0.717) is 16.8 Å². The van der Waals surface area contributed by atoms with Crippen LogP contribution >= 0.6 is 15.9 Å². The summed E-state index contributed by atoms with van der Waals surface area (Å²) in [5.41, 5.74) is -0.457. The summed E-state index contributed by atoms with van der Waals surface area (Å²) < 4.78 is 19.5. The molecule has 0 saturated carbocycles. The fraction of sp³-hybridized carbons (Fsp3) is 0.231. The van der Waals surface area contributed by atoms with Crippen LogP contribution in [0.3, 0.4) is 0 Å². The number of aryl methyl sites for hydroxylation is 1. The topological polar surface area (TPSA) is 78.2 Å². The molecule has 0 unspecified atom stereocenters. The van der Waals surface area contributed by atoms with E-state index in [0.717, 1.165) is 12.5 Å². The SMILES string of the molecule is CCCc1nc(Br)cc(Oc2c(F)cccc2[N+](=O)[O-])n1. The number of hydrogen-bond acceptors (Lipinski definition) is 5. The molecule has 0 atom stereocenters. The summed E-state index contributed by atoms with van der Waals surface area (Å²) in [6, 6.07) is 4.93. The molecule has 0 bridgehead atoms. The zero-order chi connectivity index (χ0) is 15.4. The van der Waals surface area contributed by atoms with E-state index in [1.165, 1.54) is 18.2 Å². The number of halogens is 2. The fourth-order valence-electron chi connectivity index (χ4n) is 1.68. The zero-order valence-electron chi connectivity index (χ0n) is 11.0. The minimum atomic E-state index is -0.823. The predicted octanol–water partition coefficient (Wildman–Crippen LogP) is 4.03. The highest BCUT2D eigenvalue weighted by Gasteiger charge is 2.21. The van der Waals surface area contributed by atoms with Gasteiger partial charge in [0.25, 0.3) is 0 Å². The van der Waals surface area contributed by atoms with Crippen molar-refractivity contribution < 1.29 is 14.1 Å². The Bertz CT molecular complexity index is 682. The van der Waals surface area contributed by atoms with Crippen LogP contribution in [0, 0.1) is 15.9 Å². The molecule has 110 valence electrons. The molecule has 0 spiro atoms. The van der Waals surface area contributed by atoms with Gasteiger partial charge in [-0.15, -0.1) is 0 Å². The van der Waals surface area contributed by atoms with Gasteiger partial charge in [-0.25, -0.2) is 9.37 Å². The second-order valence-corrected chi connectivity index (χ2v) is 4.95. The lowest BCUT2D eigenvalue weighted by molar-refractivity contribution is -0.385. The van der Waals surface area contributed by atoms with E-state index in [4.69, 9.17) is 4.74 Å². The lowest BCUT2D eigenvalue weighted by Crippen LogP contribution is -2.00. The zero-order valence-corrected chi connectivity index (χ0v) is 12.6. The second kappa shape index (κ2) is 6.57. The Morgan fingerprint density at radius 1 is 1.43 bits per heavy atom. The minimum Gasteiger partial charge on any atom is -0.428 e. The third-order valence-electron chi connectivity index (χ3n) is 2.54. The van der Waals surface area contributed by atoms with Crippen molar-refractivity contribution in [3.05, 3.63) is 50.6 Å². The van der Waals surface area contributed by atoms with Crippen molar-refractivity contribution in [2.24, 2.45) is 0 Å². The highest BCUT2D eigenvalue weighted by Crippen LogP contribution is 2.33. The van der Waals surface area contributed by atoms with Gasteiger partial charge in [-0.1, -0.05) is 13.0 Å². The Labute approximate surface area is 128 Å². The average molecular weight is 356 g/mol. The first-order valence-corrected chi connectivity index (χ1v) is 6.94. The molecule has 0 aliphatic rings. The highest BCUT2D eigenvalue weighted by molar-refractivity contribution is 9.10. The molecule has 1 heterocycles. The van der Waals surface area contributed by atoms with Crippen molar-refractivity contribution in [2.75, 3.05) is 0 Å². The van der Waals surface area contributed by atoms with Crippen molar-refractivity contribution >= 4 is 21.6 Å². The minimum absolute atomic E-state index is 0.0496. The number of rotatable bonds is 5. The summed E-state index contributed by atoms with van der Waals surface area (Å²) in [6.07, 6.45) is 1.45. The summed E-state index contributed by atoms with van der Waals surface area (Å²) in [5.74, 6) is -0.721. The number of nitro groups is 1. The van der Waals surface area contributed by atoms with Gasteiger partial charge in [-0.2, -0.15) is 4.98 Å². The van der Waals surface area contributed by atoms with Gasteiger partial charge < -0.3 is 4.74 Å². The highest BCUT2D eigenvalue weighted by atomic mass is 79.9. The largest absolute Gasteiger partial charge is 0.428 e. The molecule has 2 aromatic rings. The summed E-state index contributed by atoms with van der Waals surface area (Å²) in [5, 5.41) is 10.9. The van der Waals surface area contributed by atoms with Gasteiger partial charge in [0.15, 0.2) is 5.82 Å². The Hall–Kier alpha value is -2.09. The quantitative estimate of drug-likeness (QED) is 0.459. The first-order valence-electron chi connectivity index (χ1n) is 6.15. The Kier molecular flexibility index (Phi) is 4.79. The third kappa shape index (κ3) is 3.72. The van der Waals surface area contributed by atoms with Crippen LogP contribution in [0.4, 0.5) is 10.1 Å². The Balaban J connectivity index is 2.40. The molecule has 21 heavy (non-hydrogen) atoms. The van der Waals surface area contributed by atoms with E-state index in [2.05, 4.69) is 25.9 Å². The third-order valence-corrected chi connectivity index (χ3v) is 2.95. The molecule has 0 saturated heterocycles. The summed E-state index contributed by atoms with van der Waals surface area (Å²) in [6.45, 7) is 1.96. The van der Waals surface area contributed by atoms with E-state index in [9.17, 15) is 14.5 Å². The first kappa shape index (κ1) is 15.3. The van der Waals surface area contributed by atoms with Crippen LogP contribution in [0.15, 0.2) is 28.9 Å². The molecule has 1 aromatic carbocycles. The van der Waals surface area contributed by atoms with Crippen molar-refractivity contribution in [1.29, 1.82) is 0 Å². The summed E-state index contributed by atoms with van der Waals surface area (Å²) in [7, 11) is 0. The summed E-state index contributed by atoms with van der Waals surface area (Å²) >= 11 is 3.20. The molecule has 8 heteroatoms. The van der Waals surface area contributed by atoms with Crippen molar-refractivity contribution in [3.8, 4) is 11.6 Å². The van der Waals surface area contributed by atoms with Gasteiger partial charge in [0.05, 0.1) is 4.92 Å². The molecule has 2 rings (SSSR count). The van der Waals surface area contributed by atoms with Gasteiger partial charge in [0.1, 0.15) is 10.4 Å². The average Bonchev–Trinajstić information content (AvgIpc) is 2.40. The molecule has 0 radical (unpaired) electrons. The number of nitrogens with zero attached hydrogens (tertiary/aromatic N) is 3. The molecular formula is C13H11BrFN3O3. The lowest BCUT2D eigenvalue weighted by atomic mass is 10.3. The van der Waals surface area contributed by atoms with Crippen LogP contribution in [0.1, 0.15) is 19.2 Å². The molecule has 6 nitrogen and oxygen atoms in total. The van der Waals surface area contributed by atoms with E-state index >= 15 is 0 Å². The normalized spacial score (nSPS) is 10.4. The first-order chi connectivity index (χ1) is 10.0. The van der Waals surface area contributed by atoms with Crippen molar-refractivity contribution in [3.63, 3.8) is 0 Å². The monoisotopic (exact) mass is 355 g/mol. The van der Waals surface area contributed by atoms with Gasteiger partial charge in [-0.3, -0.25) is 10.1 Å². The smallest absolute Gasteiger partial charge is 0.314 e.